The molecular formula is C19H37N. The molecule has 2 atom stereocenters. The van der Waals surface area contributed by atoms with Crippen LogP contribution in [0.5, 0.6) is 0 Å². The summed E-state index contributed by atoms with van der Waals surface area (Å²) in [4.78, 5) is 0. The van der Waals surface area contributed by atoms with Crippen LogP contribution < -0.4 is 5.32 Å². The Morgan fingerprint density at radius 1 is 0.900 bits per heavy atom. The molecule has 0 radical (unpaired) electrons. The van der Waals surface area contributed by atoms with E-state index in [9.17, 15) is 0 Å². The number of hydrogen-bond donors (Lipinski definition) is 1. The van der Waals surface area contributed by atoms with Crippen LogP contribution in [0.3, 0.4) is 0 Å². The van der Waals surface area contributed by atoms with Gasteiger partial charge in [-0.05, 0) is 32.6 Å². The predicted octanol–water partition coefficient (Wildman–Crippen LogP) is 5.99. The minimum absolute atomic E-state index is 0.650. The molecule has 1 saturated heterocycles. The second-order valence-electron chi connectivity index (χ2n) is 6.65. The summed E-state index contributed by atoms with van der Waals surface area (Å²) < 4.78 is 0. The van der Waals surface area contributed by atoms with Gasteiger partial charge < -0.3 is 5.32 Å². The Labute approximate surface area is 127 Å². The molecule has 1 heterocycles. The highest BCUT2D eigenvalue weighted by atomic mass is 14.9. The molecule has 1 nitrogen and oxygen atoms in total. The highest BCUT2D eigenvalue weighted by Crippen LogP contribution is 2.14. The minimum Gasteiger partial charge on any atom is -0.308 e. The van der Waals surface area contributed by atoms with E-state index in [0.717, 1.165) is 0 Å². The zero-order valence-electron chi connectivity index (χ0n) is 14.0. The van der Waals surface area contributed by atoms with Crippen molar-refractivity contribution in [1.82, 2.24) is 5.32 Å². The summed E-state index contributed by atoms with van der Waals surface area (Å²) in [5.41, 5.74) is 0. The van der Waals surface area contributed by atoms with Gasteiger partial charge in [-0.15, -0.1) is 0 Å². The van der Waals surface area contributed by atoms with Crippen molar-refractivity contribution in [3.05, 3.63) is 12.2 Å². The minimum atomic E-state index is 0.650. The third-order valence-electron chi connectivity index (χ3n) is 4.49. The van der Waals surface area contributed by atoms with Gasteiger partial charge in [0.1, 0.15) is 0 Å². The van der Waals surface area contributed by atoms with Gasteiger partial charge in [0.05, 0.1) is 0 Å². The molecule has 0 aliphatic carbocycles. The Bertz CT molecular complexity index is 234. The van der Waals surface area contributed by atoms with E-state index in [-0.39, 0.29) is 0 Å². The van der Waals surface area contributed by atoms with Crippen LogP contribution in [0, 0.1) is 0 Å². The van der Waals surface area contributed by atoms with Gasteiger partial charge in [0.2, 0.25) is 0 Å². The average molecular weight is 280 g/mol. The van der Waals surface area contributed by atoms with Crippen LogP contribution in [0.15, 0.2) is 12.2 Å². The zero-order chi connectivity index (χ0) is 14.5. The van der Waals surface area contributed by atoms with Gasteiger partial charge in [-0.1, -0.05) is 76.9 Å². The summed E-state index contributed by atoms with van der Waals surface area (Å²) in [5.74, 6) is 0. The van der Waals surface area contributed by atoms with Gasteiger partial charge in [0, 0.05) is 12.1 Å². The smallest absolute Gasteiger partial charge is 0.0252 e. The molecule has 0 aromatic rings. The largest absolute Gasteiger partial charge is 0.308 e. The van der Waals surface area contributed by atoms with Gasteiger partial charge in [0.25, 0.3) is 0 Å². The molecule has 0 aromatic carbocycles. The maximum atomic E-state index is 3.67. The van der Waals surface area contributed by atoms with Crippen LogP contribution in [-0.4, -0.2) is 12.1 Å². The topological polar surface area (TPSA) is 12.0 Å². The first-order valence-corrected chi connectivity index (χ1v) is 9.25. The van der Waals surface area contributed by atoms with E-state index in [1.165, 1.54) is 83.5 Å². The third-order valence-corrected chi connectivity index (χ3v) is 4.49. The van der Waals surface area contributed by atoms with E-state index in [0.29, 0.717) is 12.1 Å². The van der Waals surface area contributed by atoms with Crippen LogP contribution in [0.4, 0.5) is 0 Å². The van der Waals surface area contributed by atoms with Crippen molar-refractivity contribution < 1.29 is 0 Å². The number of unbranched alkanes of at least 4 members (excludes halogenated alkanes) is 9. The fourth-order valence-corrected chi connectivity index (χ4v) is 3.16. The molecule has 2 unspecified atom stereocenters. The van der Waals surface area contributed by atoms with E-state index >= 15 is 0 Å². The number of hydrogen-bond acceptors (Lipinski definition) is 1. The summed E-state index contributed by atoms with van der Waals surface area (Å²) in [6.45, 7) is 4.59. The second-order valence-corrected chi connectivity index (χ2v) is 6.65. The molecule has 20 heavy (non-hydrogen) atoms. The Morgan fingerprint density at radius 2 is 1.55 bits per heavy atom. The summed E-state index contributed by atoms with van der Waals surface area (Å²) in [5, 5.41) is 3.67. The van der Waals surface area contributed by atoms with E-state index in [1.54, 1.807) is 0 Å². The summed E-state index contributed by atoms with van der Waals surface area (Å²) in [6.07, 6.45) is 23.0. The van der Waals surface area contributed by atoms with Crippen molar-refractivity contribution in [1.29, 1.82) is 0 Å². The van der Waals surface area contributed by atoms with Gasteiger partial charge in [0.15, 0.2) is 0 Å². The molecule has 1 N–H and O–H groups in total. The Kier molecular flexibility index (Phi) is 11.0. The Morgan fingerprint density at radius 3 is 2.20 bits per heavy atom. The lowest BCUT2D eigenvalue weighted by Gasteiger charge is -2.26. The molecular weight excluding hydrogens is 242 g/mol. The van der Waals surface area contributed by atoms with Crippen LogP contribution in [0.25, 0.3) is 0 Å². The first kappa shape index (κ1) is 17.8. The second kappa shape index (κ2) is 12.4. The lowest BCUT2D eigenvalue weighted by Crippen LogP contribution is -2.39. The quantitative estimate of drug-likeness (QED) is 0.361. The van der Waals surface area contributed by atoms with Gasteiger partial charge >= 0.3 is 0 Å². The fourth-order valence-electron chi connectivity index (χ4n) is 3.16. The van der Waals surface area contributed by atoms with Crippen molar-refractivity contribution in [2.24, 2.45) is 0 Å². The normalized spacial score (nSPS) is 23.5. The van der Waals surface area contributed by atoms with E-state index in [4.69, 9.17) is 0 Å². The lowest BCUT2D eigenvalue weighted by atomic mass is 9.99. The molecule has 1 fully saturated rings. The van der Waals surface area contributed by atoms with E-state index < -0.39 is 0 Å². The third kappa shape index (κ3) is 9.58. The molecule has 0 aromatic heterocycles. The van der Waals surface area contributed by atoms with Crippen LogP contribution in [0.2, 0.25) is 0 Å². The molecule has 1 aliphatic rings. The molecule has 1 aliphatic heterocycles. The first-order valence-electron chi connectivity index (χ1n) is 9.25. The molecule has 0 saturated carbocycles. The van der Waals surface area contributed by atoms with Crippen molar-refractivity contribution >= 4 is 0 Å². The van der Waals surface area contributed by atoms with E-state index in [1.807, 2.05) is 0 Å². The van der Waals surface area contributed by atoms with Crippen molar-refractivity contribution in [3.8, 4) is 0 Å². The van der Waals surface area contributed by atoms with Crippen molar-refractivity contribution in [3.63, 3.8) is 0 Å². The summed E-state index contributed by atoms with van der Waals surface area (Å²) >= 11 is 0. The van der Waals surface area contributed by atoms with Gasteiger partial charge in [-0.25, -0.2) is 0 Å². The molecule has 1 heteroatoms. The molecule has 1 rings (SSSR count). The van der Waals surface area contributed by atoms with Crippen LogP contribution in [0.1, 0.15) is 97.3 Å². The standard InChI is InChI=1S/C19H37N/c1-3-4-5-6-7-8-9-10-11-12-13-16-19-17-14-15-18(2)20-19/h13,16,18-20H,3-12,14-15,17H2,1-2H3. The molecule has 0 spiro atoms. The summed E-state index contributed by atoms with van der Waals surface area (Å²) in [7, 11) is 0. The molecule has 0 amide bonds. The fraction of sp³-hybridized carbons (Fsp3) is 0.895. The van der Waals surface area contributed by atoms with Crippen LogP contribution in [-0.2, 0) is 0 Å². The van der Waals surface area contributed by atoms with Crippen molar-refractivity contribution in [2.75, 3.05) is 0 Å². The SMILES string of the molecule is CCCCCCCCCCCC=CC1CCCC(C)N1. The summed E-state index contributed by atoms with van der Waals surface area (Å²) in [6, 6.07) is 1.36. The highest BCUT2D eigenvalue weighted by Gasteiger charge is 2.14. The number of allylic oxidation sites excluding steroid dienone is 1. The predicted molar refractivity (Wildman–Crippen MR) is 91.2 cm³/mol. The van der Waals surface area contributed by atoms with Gasteiger partial charge in [-0.3, -0.25) is 0 Å². The number of piperidine rings is 1. The average Bonchev–Trinajstić information content (AvgIpc) is 2.45. The maximum Gasteiger partial charge on any atom is 0.0252 e. The lowest BCUT2D eigenvalue weighted by molar-refractivity contribution is 0.374. The Hall–Kier alpha value is -0.300. The molecule has 118 valence electrons. The van der Waals surface area contributed by atoms with Crippen molar-refractivity contribution in [2.45, 2.75) is 109 Å². The zero-order valence-corrected chi connectivity index (χ0v) is 14.0. The van der Waals surface area contributed by atoms with E-state index in [2.05, 4.69) is 31.3 Å². The Balaban J connectivity index is 1.84. The highest BCUT2D eigenvalue weighted by molar-refractivity contribution is 4.96. The van der Waals surface area contributed by atoms with Crippen LogP contribution >= 0.6 is 0 Å². The number of nitrogens with one attached hydrogen (secondary N) is 1. The first-order chi connectivity index (χ1) is 9.83. The van der Waals surface area contributed by atoms with Gasteiger partial charge in [-0.2, -0.15) is 0 Å². The number of rotatable bonds is 11. The maximum absolute atomic E-state index is 3.67. The monoisotopic (exact) mass is 279 g/mol. The molecule has 0 bridgehead atoms.